The van der Waals surface area contributed by atoms with Crippen LogP contribution in [0.2, 0.25) is 0 Å². The topological polar surface area (TPSA) is 61.4 Å². The van der Waals surface area contributed by atoms with E-state index in [0.29, 0.717) is 18.4 Å². The Morgan fingerprint density at radius 1 is 1.50 bits per heavy atom. The van der Waals surface area contributed by atoms with Gasteiger partial charge in [-0.2, -0.15) is 0 Å². The third-order valence-electron chi connectivity index (χ3n) is 3.81. The molecule has 4 nitrogen and oxygen atoms in total. The first-order valence-corrected chi connectivity index (χ1v) is 7.08. The number of hydrogen-bond donors (Lipinski definition) is 3. The van der Waals surface area contributed by atoms with Crippen molar-refractivity contribution in [1.29, 1.82) is 0 Å². The van der Waals surface area contributed by atoms with Gasteiger partial charge in [0.1, 0.15) is 0 Å². The molecule has 18 heavy (non-hydrogen) atoms. The SMILES string of the molecule is CC(C)CC(CCO)CNC(=O)C1(C)CCNC1. The highest BCUT2D eigenvalue weighted by Gasteiger charge is 2.36. The molecule has 1 aliphatic rings. The van der Waals surface area contributed by atoms with Crippen LogP contribution in [-0.2, 0) is 4.79 Å². The Balaban J connectivity index is 2.38. The Morgan fingerprint density at radius 3 is 2.72 bits per heavy atom. The molecule has 0 aromatic heterocycles. The zero-order chi connectivity index (χ0) is 13.6. The molecule has 0 radical (unpaired) electrons. The van der Waals surface area contributed by atoms with Crippen LogP contribution in [0.15, 0.2) is 0 Å². The second kappa shape index (κ2) is 7.10. The molecule has 1 fully saturated rings. The molecule has 2 unspecified atom stereocenters. The van der Waals surface area contributed by atoms with Gasteiger partial charge in [-0.15, -0.1) is 0 Å². The minimum absolute atomic E-state index is 0.152. The number of rotatable bonds is 7. The minimum Gasteiger partial charge on any atom is -0.396 e. The summed E-state index contributed by atoms with van der Waals surface area (Å²) in [5.74, 6) is 1.14. The zero-order valence-corrected chi connectivity index (χ0v) is 12.0. The van der Waals surface area contributed by atoms with Crippen molar-refractivity contribution in [3.05, 3.63) is 0 Å². The molecule has 2 atom stereocenters. The van der Waals surface area contributed by atoms with E-state index in [1.54, 1.807) is 0 Å². The van der Waals surface area contributed by atoms with Gasteiger partial charge >= 0.3 is 0 Å². The highest BCUT2D eigenvalue weighted by molar-refractivity contribution is 5.82. The van der Waals surface area contributed by atoms with Gasteiger partial charge in [0.05, 0.1) is 5.41 Å². The Labute approximate surface area is 111 Å². The molecule has 0 aromatic rings. The Bertz CT molecular complexity index is 261. The third-order valence-corrected chi connectivity index (χ3v) is 3.81. The van der Waals surface area contributed by atoms with Crippen LogP contribution in [0.5, 0.6) is 0 Å². The quantitative estimate of drug-likeness (QED) is 0.640. The minimum atomic E-state index is -0.248. The van der Waals surface area contributed by atoms with Crippen molar-refractivity contribution in [1.82, 2.24) is 10.6 Å². The number of carbonyl (C=O) groups is 1. The van der Waals surface area contributed by atoms with Gasteiger partial charge in [0.2, 0.25) is 5.91 Å². The van der Waals surface area contributed by atoms with Crippen LogP contribution in [0.25, 0.3) is 0 Å². The van der Waals surface area contributed by atoms with Crippen molar-refractivity contribution in [3.63, 3.8) is 0 Å². The van der Waals surface area contributed by atoms with E-state index in [4.69, 9.17) is 5.11 Å². The summed E-state index contributed by atoms with van der Waals surface area (Å²) in [5, 5.41) is 15.4. The molecule has 106 valence electrons. The van der Waals surface area contributed by atoms with Crippen molar-refractivity contribution in [2.45, 2.75) is 40.0 Å². The van der Waals surface area contributed by atoms with Gasteiger partial charge < -0.3 is 15.7 Å². The Hall–Kier alpha value is -0.610. The maximum atomic E-state index is 12.1. The van der Waals surface area contributed by atoms with Crippen LogP contribution in [0.4, 0.5) is 0 Å². The molecule has 0 aliphatic carbocycles. The average molecular weight is 256 g/mol. The summed E-state index contributed by atoms with van der Waals surface area (Å²) in [4.78, 5) is 12.1. The van der Waals surface area contributed by atoms with Gasteiger partial charge in [-0.1, -0.05) is 13.8 Å². The van der Waals surface area contributed by atoms with Gasteiger partial charge in [-0.05, 0) is 44.6 Å². The Kier molecular flexibility index (Phi) is 6.09. The van der Waals surface area contributed by atoms with Crippen LogP contribution in [0, 0.1) is 17.3 Å². The molecule has 4 heteroatoms. The van der Waals surface area contributed by atoms with Gasteiger partial charge in [0.25, 0.3) is 0 Å². The van der Waals surface area contributed by atoms with E-state index in [-0.39, 0.29) is 17.9 Å². The second-order valence-corrected chi connectivity index (χ2v) is 6.21. The van der Waals surface area contributed by atoms with Crippen molar-refractivity contribution in [3.8, 4) is 0 Å². The standard InChI is InChI=1S/C14H28N2O2/c1-11(2)8-12(4-7-17)9-16-13(18)14(3)5-6-15-10-14/h11-12,15,17H,4-10H2,1-3H3,(H,16,18). The van der Waals surface area contributed by atoms with Crippen LogP contribution in [0.1, 0.15) is 40.0 Å². The number of aliphatic hydroxyl groups is 1. The fourth-order valence-corrected chi connectivity index (χ4v) is 2.61. The smallest absolute Gasteiger partial charge is 0.227 e. The van der Waals surface area contributed by atoms with Crippen LogP contribution in [-0.4, -0.2) is 37.3 Å². The monoisotopic (exact) mass is 256 g/mol. The van der Waals surface area contributed by atoms with Crippen LogP contribution >= 0.6 is 0 Å². The number of aliphatic hydroxyl groups excluding tert-OH is 1. The van der Waals surface area contributed by atoms with Crippen LogP contribution in [0.3, 0.4) is 0 Å². The number of carbonyl (C=O) groups excluding carboxylic acids is 1. The molecule has 0 bridgehead atoms. The summed E-state index contributed by atoms with van der Waals surface area (Å²) in [6, 6.07) is 0. The number of amides is 1. The number of nitrogens with one attached hydrogen (secondary N) is 2. The number of hydrogen-bond acceptors (Lipinski definition) is 3. The van der Waals surface area contributed by atoms with Crippen molar-refractivity contribution >= 4 is 5.91 Å². The van der Waals surface area contributed by atoms with E-state index in [1.807, 2.05) is 6.92 Å². The second-order valence-electron chi connectivity index (χ2n) is 6.21. The molecule has 3 N–H and O–H groups in total. The summed E-state index contributed by atoms with van der Waals surface area (Å²) in [6.07, 6.45) is 2.73. The van der Waals surface area contributed by atoms with Gasteiger partial charge in [-0.25, -0.2) is 0 Å². The average Bonchev–Trinajstić information content (AvgIpc) is 2.73. The van der Waals surface area contributed by atoms with E-state index in [1.165, 1.54) is 0 Å². The summed E-state index contributed by atoms with van der Waals surface area (Å²) in [5.41, 5.74) is -0.248. The molecule has 1 rings (SSSR count). The summed E-state index contributed by atoms with van der Waals surface area (Å²) in [6.45, 7) is 8.96. The lowest BCUT2D eigenvalue weighted by atomic mass is 9.88. The van der Waals surface area contributed by atoms with Crippen LogP contribution < -0.4 is 10.6 Å². The highest BCUT2D eigenvalue weighted by atomic mass is 16.3. The molecular formula is C14H28N2O2. The van der Waals surface area contributed by atoms with Gasteiger partial charge in [-0.3, -0.25) is 4.79 Å². The molecule has 0 spiro atoms. The highest BCUT2D eigenvalue weighted by Crippen LogP contribution is 2.24. The van der Waals surface area contributed by atoms with E-state index < -0.39 is 0 Å². The lowest BCUT2D eigenvalue weighted by Crippen LogP contribution is -2.42. The van der Waals surface area contributed by atoms with Gasteiger partial charge in [0, 0.05) is 19.7 Å². The lowest BCUT2D eigenvalue weighted by molar-refractivity contribution is -0.129. The molecule has 1 aliphatic heterocycles. The molecule has 0 saturated carbocycles. The normalized spacial score (nSPS) is 25.4. The molecule has 1 heterocycles. The largest absolute Gasteiger partial charge is 0.396 e. The lowest BCUT2D eigenvalue weighted by Gasteiger charge is -2.24. The van der Waals surface area contributed by atoms with Crippen molar-refractivity contribution < 1.29 is 9.90 Å². The zero-order valence-electron chi connectivity index (χ0n) is 12.0. The molecule has 1 saturated heterocycles. The summed E-state index contributed by atoms with van der Waals surface area (Å²) in [7, 11) is 0. The summed E-state index contributed by atoms with van der Waals surface area (Å²) >= 11 is 0. The first kappa shape index (κ1) is 15.4. The first-order chi connectivity index (χ1) is 8.48. The molecular weight excluding hydrogens is 228 g/mol. The Morgan fingerprint density at radius 2 is 2.22 bits per heavy atom. The predicted octanol–water partition coefficient (Wildman–Crippen LogP) is 1.15. The maximum absolute atomic E-state index is 12.1. The first-order valence-electron chi connectivity index (χ1n) is 7.08. The third kappa shape index (κ3) is 4.58. The predicted molar refractivity (Wildman–Crippen MR) is 73.3 cm³/mol. The van der Waals surface area contributed by atoms with E-state index in [9.17, 15) is 4.79 Å². The van der Waals surface area contributed by atoms with E-state index in [0.717, 1.165) is 32.4 Å². The van der Waals surface area contributed by atoms with Gasteiger partial charge in [0.15, 0.2) is 0 Å². The fourth-order valence-electron chi connectivity index (χ4n) is 2.61. The van der Waals surface area contributed by atoms with E-state index >= 15 is 0 Å². The van der Waals surface area contributed by atoms with Crippen molar-refractivity contribution in [2.24, 2.45) is 17.3 Å². The summed E-state index contributed by atoms with van der Waals surface area (Å²) < 4.78 is 0. The molecule has 1 amide bonds. The molecule has 0 aromatic carbocycles. The maximum Gasteiger partial charge on any atom is 0.227 e. The van der Waals surface area contributed by atoms with E-state index in [2.05, 4.69) is 24.5 Å². The fraction of sp³-hybridized carbons (Fsp3) is 0.929. The van der Waals surface area contributed by atoms with Crippen molar-refractivity contribution in [2.75, 3.05) is 26.2 Å².